The first kappa shape index (κ1) is 22.5. The van der Waals surface area contributed by atoms with E-state index in [9.17, 15) is 19.2 Å². The third kappa shape index (κ3) is 2.92. The summed E-state index contributed by atoms with van der Waals surface area (Å²) >= 11 is 1.20. The fourth-order valence-electron chi connectivity index (χ4n) is 5.73. The van der Waals surface area contributed by atoms with Crippen LogP contribution >= 0.6 is 11.3 Å². The lowest BCUT2D eigenvalue weighted by molar-refractivity contribution is -0.123. The molecule has 182 valence electrons. The molecule has 0 unspecified atom stereocenters. The van der Waals surface area contributed by atoms with Crippen molar-refractivity contribution < 1.29 is 28.3 Å². The van der Waals surface area contributed by atoms with Gasteiger partial charge in [-0.2, -0.15) is 0 Å². The first-order valence-electron chi connectivity index (χ1n) is 11.5. The molecule has 2 amide bonds. The van der Waals surface area contributed by atoms with Crippen molar-refractivity contribution in [3.8, 4) is 0 Å². The van der Waals surface area contributed by atoms with Gasteiger partial charge in [0.15, 0.2) is 5.76 Å². The fourth-order valence-corrected chi connectivity index (χ4v) is 6.89. The zero-order chi connectivity index (χ0) is 25.3. The largest absolute Gasteiger partial charge is 0.465 e. The van der Waals surface area contributed by atoms with E-state index in [0.717, 1.165) is 20.9 Å². The molecule has 0 saturated carbocycles. The van der Waals surface area contributed by atoms with Crippen LogP contribution in [0.1, 0.15) is 48.5 Å². The van der Waals surface area contributed by atoms with Gasteiger partial charge in [0.1, 0.15) is 11.0 Å². The Morgan fingerprint density at radius 1 is 1.03 bits per heavy atom. The number of nitrogens with zero attached hydrogens (tertiary/aromatic N) is 2. The minimum absolute atomic E-state index is 0.128. The average molecular weight is 503 g/mol. The summed E-state index contributed by atoms with van der Waals surface area (Å²) in [6.45, 7) is 3.59. The molecule has 2 aromatic heterocycles. The maximum absolute atomic E-state index is 14.1. The molecule has 0 aliphatic carbocycles. The summed E-state index contributed by atoms with van der Waals surface area (Å²) in [5, 5.41) is 0.247. The van der Waals surface area contributed by atoms with Gasteiger partial charge in [-0.1, -0.05) is 24.3 Å². The Balaban J connectivity index is 1.52. The van der Waals surface area contributed by atoms with Crippen molar-refractivity contribution in [2.75, 3.05) is 12.0 Å². The first-order chi connectivity index (χ1) is 17.3. The molecule has 4 atom stereocenters. The van der Waals surface area contributed by atoms with Gasteiger partial charge in [0.05, 0.1) is 36.8 Å². The summed E-state index contributed by atoms with van der Waals surface area (Å²) in [6.07, 6.45) is 5.09. The number of furan rings is 1. The SMILES string of the molecule is COC(=O)c1c(N2C(=O)[C@@H]3[C@H](C2=O)[C@H](C(=O)c2ccco2)N2C=Cc4ccccc4[C@H]32)sc(C)c1C. The van der Waals surface area contributed by atoms with Gasteiger partial charge in [-0.25, -0.2) is 9.69 Å². The molecule has 2 saturated heterocycles. The van der Waals surface area contributed by atoms with Crippen molar-refractivity contribution in [3.63, 3.8) is 0 Å². The second-order valence-electron chi connectivity index (χ2n) is 9.14. The minimum Gasteiger partial charge on any atom is -0.465 e. The van der Waals surface area contributed by atoms with Crippen LogP contribution < -0.4 is 4.90 Å². The Bertz CT molecular complexity index is 1470. The highest BCUT2D eigenvalue weighted by Gasteiger charge is 2.65. The first-order valence-corrected chi connectivity index (χ1v) is 12.3. The lowest BCUT2D eigenvalue weighted by Gasteiger charge is -2.34. The number of ketones is 1. The van der Waals surface area contributed by atoms with Crippen LogP contribution in [0.5, 0.6) is 0 Å². The topological polar surface area (TPSA) is 97.1 Å². The van der Waals surface area contributed by atoms with Gasteiger partial charge < -0.3 is 14.1 Å². The lowest BCUT2D eigenvalue weighted by atomic mass is 9.84. The molecule has 5 heterocycles. The summed E-state index contributed by atoms with van der Waals surface area (Å²) < 4.78 is 10.4. The Morgan fingerprint density at radius 2 is 1.78 bits per heavy atom. The van der Waals surface area contributed by atoms with E-state index in [2.05, 4.69) is 0 Å². The fraction of sp³-hybridized carbons (Fsp3) is 0.259. The Kier molecular flexibility index (Phi) is 5.01. The molecule has 1 aromatic carbocycles. The minimum atomic E-state index is -0.941. The highest BCUT2D eigenvalue weighted by molar-refractivity contribution is 7.17. The summed E-state index contributed by atoms with van der Waals surface area (Å²) in [4.78, 5) is 58.2. The highest BCUT2D eigenvalue weighted by Crippen LogP contribution is 2.54. The average Bonchev–Trinajstić information content (AvgIpc) is 3.64. The van der Waals surface area contributed by atoms with Crippen molar-refractivity contribution in [3.05, 3.63) is 81.8 Å². The Hall–Kier alpha value is -3.98. The molecule has 0 bridgehead atoms. The molecular weight excluding hydrogens is 480 g/mol. The standard InChI is InChI=1S/C27H22N2O6S/c1-13-14(2)36-26(18(13)27(33)34-3)29-24(31)19-20(25(29)32)22(23(30)17-9-6-12-35-17)28-11-10-15-7-4-5-8-16(15)21(19)28/h4-12,19-22H,1-3H3/t19-,20+,21-,22-/m1/s1. The number of anilines is 1. The van der Waals surface area contributed by atoms with Gasteiger partial charge in [-0.05, 0) is 48.7 Å². The summed E-state index contributed by atoms with van der Waals surface area (Å²) in [7, 11) is 1.27. The van der Waals surface area contributed by atoms with Crippen LogP contribution in [0.25, 0.3) is 6.08 Å². The van der Waals surface area contributed by atoms with E-state index in [1.54, 1.807) is 25.3 Å². The molecule has 36 heavy (non-hydrogen) atoms. The molecule has 0 spiro atoms. The van der Waals surface area contributed by atoms with E-state index in [-0.39, 0.29) is 22.1 Å². The number of esters is 1. The molecule has 3 aromatic rings. The predicted molar refractivity (Wildman–Crippen MR) is 131 cm³/mol. The van der Waals surface area contributed by atoms with Crippen LogP contribution in [-0.4, -0.2) is 41.6 Å². The van der Waals surface area contributed by atoms with Gasteiger partial charge in [0, 0.05) is 11.1 Å². The number of hydrogen-bond acceptors (Lipinski definition) is 8. The number of carbonyl (C=O) groups is 4. The number of amides is 2. The smallest absolute Gasteiger partial charge is 0.341 e. The van der Waals surface area contributed by atoms with Crippen molar-refractivity contribution in [2.45, 2.75) is 25.9 Å². The number of methoxy groups -OCH3 is 1. The van der Waals surface area contributed by atoms with E-state index < -0.39 is 41.7 Å². The maximum atomic E-state index is 14.1. The van der Waals surface area contributed by atoms with Crippen LogP contribution in [0.3, 0.4) is 0 Å². The Morgan fingerprint density at radius 3 is 2.50 bits per heavy atom. The van der Waals surface area contributed by atoms with E-state index in [1.807, 2.05) is 42.2 Å². The third-order valence-electron chi connectivity index (χ3n) is 7.45. The number of Topliss-reactive ketones (excluding diaryl/α,β-unsaturated/α-hetero) is 1. The van der Waals surface area contributed by atoms with Crippen LogP contribution in [0, 0.1) is 25.7 Å². The number of aryl methyl sites for hydroxylation is 1. The van der Waals surface area contributed by atoms with Crippen LogP contribution in [0.15, 0.2) is 53.3 Å². The number of thiophene rings is 1. The quantitative estimate of drug-likeness (QED) is 0.300. The number of hydrogen-bond donors (Lipinski definition) is 0. The van der Waals surface area contributed by atoms with Gasteiger partial charge in [0.25, 0.3) is 0 Å². The number of carbonyl (C=O) groups excluding carboxylic acids is 4. The van der Waals surface area contributed by atoms with Gasteiger partial charge in [-0.3, -0.25) is 14.4 Å². The number of fused-ring (bicyclic) bond motifs is 5. The molecule has 3 aliphatic heterocycles. The zero-order valence-corrected chi connectivity index (χ0v) is 20.6. The molecule has 3 aliphatic rings. The number of imide groups is 1. The van der Waals surface area contributed by atoms with Crippen LogP contribution in [-0.2, 0) is 14.3 Å². The molecule has 8 nitrogen and oxygen atoms in total. The molecule has 6 rings (SSSR count). The normalized spacial score (nSPS) is 24.1. The third-order valence-corrected chi connectivity index (χ3v) is 8.65. The monoisotopic (exact) mass is 502 g/mol. The highest BCUT2D eigenvalue weighted by atomic mass is 32.1. The molecule has 0 N–H and O–H groups in total. The van der Waals surface area contributed by atoms with Gasteiger partial charge >= 0.3 is 5.97 Å². The Labute approximate surface area is 210 Å². The number of ether oxygens (including phenoxy) is 1. The van der Waals surface area contributed by atoms with Crippen molar-refractivity contribution in [2.24, 2.45) is 11.8 Å². The van der Waals surface area contributed by atoms with E-state index in [4.69, 9.17) is 9.15 Å². The summed E-state index contributed by atoms with van der Waals surface area (Å²) in [6, 6.07) is 9.40. The van der Waals surface area contributed by atoms with Crippen LogP contribution in [0.2, 0.25) is 0 Å². The summed E-state index contributed by atoms with van der Waals surface area (Å²) in [5.74, 6) is -3.52. The zero-order valence-electron chi connectivity index (χ0n) is 19.8. The van der Waals surface area contributed by atoms with Gasteiger partial charge in [0.2, 0.25) is 17.6 Å². The van der Waals surface area contributed by atoms with Crippen LogP contribution in [0.4, 0.5) is 5.00 Å². The predicted octanol–water partition coefficient (Wildman–Crippen LogP) is 4.14. The molecule has 0 radical (unpaired) electrons. The molecule has 2 fully saturated rings. The van der Waals surface area contributed by atoms with E-state index in [1.165, 1.54) is 24.7 Å². The van der Waals surface area contributed by atoms with Crippen molar-refractivity contribution in [1.82, 2.24) is 4.90 Å². The molecule has 9 heteroatoms. The lowest BCUT2D eigenvalue weighted by Crippen LogP contribution is -2.44. The van der Waals surface area contributed by atoms with Crippen molar-refractivity contribution in [1.29, 1.82) is 0 Å². The summed E-state index contributed by atoms with van der Waals surface area (Å²) in [5.41, 5.74) is 2.67. The van der Waals surface area contributed by atoms with E-state index in [0.29, 0.717) is 5.56 Å². The maximum Gasteiger partial charge on any atom is 0.341 e. The molecular formula is C27H22N2O6S. The van der Waals surface area contributed by atoms with Gasteiger partial charge in [-0.15, -0.1) is 11.3 Å². The second kappa shape index (κ2) is 8.03. The van der Waals surface area contributed by atoms with E-state index >= 15 is 0 Å². The number of benzene rings is 1. The second-order valence-corrected chi connectivity index (χ2v) is 10.3. The van der Waals surface area contributed by atoms with Crippen molar-refractivity contribution >= 4 is 46.0 Å². The number of rotatable bonds is 4.